The van der Waals surface area contributed by atoms with E-state index in [0.29, 0.717) is 18.0 Å². The lowest BCUT2D eigenvalue weighted by Crippen LogP contribution is -2.31. The van der Waals surface area contributed by atoms with Crippen molar-refractivity contribution in [3.8, 4) is 0 Å². The second-order valence-corrected chi connectivity index (χ2v) is 5.28. The Morgan fingerprint density at radius 3 is 3.00 bits per heavy atom. The predicted octanol–water partition coefficient (Wildman–Crippen LogP) is 1.86. The fourth-order valence-corrected chi connectivity index (χ4v) is 2.74. The van der Waals surface area contributed by atoms with Crippen LogP contribution in [0.4, 0.5) is 5.69 Å². The van der Waals surface area contributed by atoms with Crippen LogP contribution in [0.15, 0.2) is 24.5 Å². The van der Waals surface area contributed by atoms with Gasteiger partial charge in [-0.05, 0) is 19.1 Å². The summed E-state index contributed by atoms with van der Waals surface area (Å²) in [7, 11) is 0. The second-order valence-electron chi connectivity index (χ2n) is 4.90. The molecule has 2 N–H and O–H groups in total. The molecule has 1 aliphatic rings. The Bertz CT molecular complexity index is 586. The van der Waals surface area contributed by atoms with Crippen molar-refractivity contribution >= 4 is 17.3 Å². The van der Waals surface area contributed by atoms with Crippen LogP contribution in [0, 0.1) is 6.92 Å². The molecule has 0 amide bonds. The van der Waals surface area contributed by atoms with Crippen LogP contribution in [-0.4, -0.2) is 33.4 Å². The highest BCUT2D eigenvalue weighted by Gasteiger charge is 2.39. The number of hydrogen-bond donors (Lipinski definition) is 2. The number of aromatic nitrogens is 3. The van der Waals surface area contributed by atoms with Gasteiger partial charge in [0.2, 0.25) is 0 Å². The van der Waals surface area contributed by atoms with Gasteiger partial charge in [-0.2, -0.15) is 5.10 Å². The first-order valence-corrected chi connectivity index (χ1v) is 6.56. The van der Waals surface area contributed by atoms with Crippen LogP contribution in [-0.2, 0) is 5.60 Å². The maximum Gasteiger partial charge on any atom is 0.125 e. The zero-order valence-electron chi connectivity index (χ0n) is 10.6. The van der Waals surface area contributed by atoms with Crippen molar-refractivity contribution in [2.24, 2.45) is 0 Å². The number of nitrogens with one attached hydrogen (secondary N) is 1. The number of anilines is 1. The van der Waals surface area contributed by atoms with E-state index in [2.05, 4.69) is 20.1 Å². The molecule has 0 aliphatic carbocycles. The van der Waals surface area contributed by atoms with Crippen LogP contribution in [0.1, 0.15) is 17.8 Å². The number of nitrogens with zero attached hydrogens (tertiary/aromatic N) is 3. The Morgan fingerprint density at radius 1 is 1.42 bits per heavy atom. The number of halogens is 1. The molecule has 6 heteroatoms. The summed E-state index contributed by atoms with van der Waals surface area (Å²) in [5.41, 5.74) is 1.58. The number of aryl methyl sites for hydroxylation is 1. The van der Waals surface area contributed by atoms with Crippen molar-refractivity contribution < 1.29 is 5.11 Å². The third-order valence-electron chi connectivity index (χ3n) is 3.63. The van der Waals surface area contributed by atoms with Crippen molar-refractivity contribution in [2.45, 2.75) is 18.9 Å². The zero-order chi connectivity index (χ0) is 13.5. The molecule has 1 atom stereocenters. The monoisotopic (exact) mass is 278 g/mol. The molecule has 0 saturated carbocycles. The minimum absolute atomic E-state index is 0.498. The molecule has 1 fully saturated rings. The summed E-state index contributed by atoms with van der Waals surface area (Å²) in [5, 5.41) is 18.1. The van der Waals surface area contributed by atoms with Gasteiger partial charge in [-0.3, -0.25) is 10.1 Å². The average Bonchev–Trinajstić information content (AvgIpc) is 3.03. The van der Waals surface area contributed by atoms with Crippen molar-refractivity contribution in [2.75, 3.05) is 18.0 Å². The van der Waals surface area contributed by atoms with E-state index in [4.69, 9.17) is 11.6 Å². The molecule has 3 rings (SSSR count). The fourth-order valence-electron chi connectivity index (χ4n) is 2.51. The Hall–Kier alpha value is -1.59. The normalized spacial score (nSPS) is 23.0. The van der Waals surface area contributed by atoms with Crippen LogP contribution < -0.4 is 4.90 Å². The largest absolute Gasteiger partial charge is 0.382 e. The van der Waals surface area contributed by atoms with E-state index < -0.39 is 5.60 Å². The summed E-state index contributed by atoms with van der Waals surface area (Å²) >= 11 is 6.29. The number of H-pyrrole nitrogens is 1. The molecular formula is C13H15ClN4O. The third kappa shape index (κ3) is 2.09. The van der Waals surface area contributed by atoms with E-state index in [9.17, 15) is 5.11 Å². The first-order chi connectivity index (χ1) is 9.10. The lowest BCUT2D eigenvalue weighted by molar-refractivity contribution is 0.0560. The number of aromatic amines is 1. The van der Waals surface area contributed by atoms with Gasteiger partial charge in [0.25, 0.3) is 0 Å². The highest BCUT2D eigenvalue weighted by atomic mass is 35.5. The summed E-state index contributed by atoms with van der Waals surface area (Å²) in [5.74, 6) is 0. The summed E-state index contributed by atoms with van der Waals surface area (Å²) in [4.78, 5) is 6.24. The van der Waals surface area contributed by atoms with E-state index in [0.717, 1.165) is 23.6 Å². The minimum atomic E-state index is -0.892. The fraction of sp³-hybridized carbons (Fsp3) is 0.385. The van der Waals surface area contributed by atoms with Gasteiger partial charge in [0.05, 0.1) is 28.6 Å². The quantitative estimate of drug-likeness (QED) is 0.880. The Labute approximate surface area is 116 Å². The van der Waals surface area contributed by atoms with Crippen LogP contribution in [0.5, 0.6) is 0 Å². The van der Waals surface area contributed by atoms with Gasteiger partial charge < -0.3 is 10.0 Å². The highest BCUT2D eigenvalue weighted by Crippen LogP contribution is 2.36. The van der Waals surface area contributed by atoms with Gasteiger partial charge in [0.1, 0.15) is 5.60 Å². The van der Waals surface area contributed by atoms with Crippen molar-refractivity contribution in [1.29, 1.82) is 0 Å². The maximum atomic E-state index is 10.7. The molecule has 5 nitrogen and oxygen atoms in total. The summed E-state index contributed by atoms with van der Waals surface area (Å²) in [6.07, 6.45) is 4.04. The molecule has 19 heavy (non-hydrogen) atoms. The zero-order valence-corrected chi connectivity index (χ0v) is 11.4. The summed E-state index contributed by atoms with van der Waals surface area (Å²) in [6, 6.07) is 3.69. The molecular weight excluding hydrogens is 264 g/mol. The number of hydrogen-bond acceptors (Lipinski definition) is 4. The van der Waals surface area contributed by atoms with E-state index in [-0.39, 0.29) is 0 Å². The molecule has 2 aromatic rings. The highest BCUT2D eigenvalue weighted by molar-refractivity contribution is 6.33. The molecule has 2 aromatic heterocycles. The van der Waals surface area contributed by atoms with Crippen LogP contribution >= 0.6 is 11.6 Å². The van der Waals surface area contributed by atoms with Gasteiger partial charge in [-0.15, -0.1) is 0 Å². The van der Waals surface area contributed by atoms with E-state index in [1.807, 2.05) is 19.1 Å². The Kier molecular flexibility index (Phi) is 2.95. The van der Waals surface area contributed by atoms with Crippen molar-refractivity contribution in [3.63, 3.8) is 0 Å². The van der Waals surface area contributed by atoms with Gasteiger partial charge in [-0.25, -0.2) is 0 Å². The first kappa shape index (κ1) is 12.4. The number of aliphatic hydroxyl groups is 1. The summed E-state index contributed by atoms with van der Waals surface area (Å²) < 4.78 is 0. The number of rotatable bonds is 2. The average molecular weight is 279 g/mol. The molecule has 0 spiro atoms. The van der Waals surface area contributed by atoms with Gasteiger partial charge in [0.15, 0.2) is 0 Å². The standard InChI is InChI=1S/C13H15ClN4O/c1-9-12(14)10(2-5-15-9)18-7-4-13(19,8-18)11-3-6-16-17-11/h2-3,5-6,19H,4,7-8H2,1H3,(H,16,17). The molecule has 0 radical (unpaired) electrons. The Morgan fingerprint density at radius 2 is 2.26 bits per heavy atom. The Balaban J connectivity index is 1.88. The number of β-amino-alcohol motifs (C(OH)–C–C–N with tert-alkyl or cyclic N) is 1. The smallest absolute Gasteiger partial charge is 0.125 e. The maximum absolute atomic E-state index is 10.7. The molecule has 100 valence electrons. The molecule has 0 bridgehead atoms. The molecule has 0 aromatic carbocycles. The van der Waals surface area contributed by atoms with Gasteiger partial charge >= 0.3 is 0 Å². The van der Waals surface area contributed by atoms with Crippen LogP contribution in [0.3, 0.4) is 0 Å². The second kappa shape index (κ2) is 4.51. The molecule has 1 aliphatic heterocycles. The van der Waals surface area contributed by atoms with E-state index in [1.54, 1.807) is 12.4 Å². The molecule has 1 unspecified atom stereocenters. The van der Waals surface area contributed by atoms with E-state index in [1.165, 1.54) is 0 Å². The van der Waals surface area contributed by atoms with Crippen LogP contribution in [0.25, 0.3) is 0 Å². The predicted molar refractivity (Wildman–Crippen MR) is 73.3 cm³/mol. The van der Waals surface area contributed by atoms with Gasteiger partial charge in [-0.1, -0.05) is 11.6 Å². The van der Waals surface area contributed by atoms with Crippen molar-refractivity contribution in [1.82, 2.24) is 15.2 Å². The minimum Gasteiger partial charge on any atom is -0.382 e. The lowest BCUT2D eigenvalue weighted by Gasteiger charge is -2.24. The van der Waals surface area contributed by atoms with Crippen molar-refractivity contribution in [3.05, 3.63) is 40.9 Å². The van der Waals surface area contributed by atoms with E-state index >= 15 is 0 Å². The summed E-state index contributed by atoms with van der Waals surface area (Å²) in [6.45, 7) is 3.13. The lowest BCUT2D eigenvalue weighted by atomic mass is 9.99. The van der Waals surface area contributed by atoms with Crippen LogP contribution in [0.2, 0.25) is 5.02 Å². The number of pyridine rings is 1. The molecule has 3 heterocycles. The molecule has 1 saturated heterocycles. The topological polar surface area (TPSA) is 65.0 Å². The SMILES string of the molecule is Cc1nccc(N2CCC(O)(c3ccn[nH]3)C2)c1Cl. The van der Waals surface area contributed by atoms with Gasteiger partial charge in [0, 0.05) is 25.4 Å². The first-order valence-electron chi connectivity index (χ1n) is 6.18. The third-order valence-corrected chi connectivity index (χ3v) is 4.10.